The molecule has 0 aliphatic rings. The van der Waals surface area contributed by atoms with Crippen molar-refractivity contribution in [2.75, 3.05) is 0 Å². The number of hydrogen-bond acceptors (Lipinski definition) is 2. The Kier molecular flexibility index (Phi) is 2.61. The molecule has 74 valence electrons. The summed E-state index contributed by atoms with van der Waals surface area (Å²) < 4.78 is 6.69. The SMILES string of the molecule is CCC(N)c1cc2cc(Br)ccc2o1. The van der Waals surface area contributed by atoms with Crippen LogP contribution in [0.1, 0.15) is 25.1 Å². The van der Waals surface area contributed by atoms with Crippen LogP contribution < -0.4 is 5.73 Å². The molecule has 2 aromatic rings. The zero-order valence-corrected chi connectivity index (χ0v) is 9.54. The molecule has 0 fully saturated rings. The zero-order chi connectivity index (χ0) is 10.1. The third-order valence-corrected chi connectivity index (χ3v) is 2.80. The summed E-state index contributed by atoms with van der Waals surface area (Å²) >= 11 is 3.42. The monoisotopic (exact) mass is 253 g/mol. The molecule has 1 aromatic carbocycles. The van der Waals surface area contributed by atoms with Gasteiger partial charge in [0.25, 0.3) is 0 Å². The predicted octanol–water partition coefficient (Wildman–Crippen LogP) is 3.61. The molecule has 0 aliphatic heterocycles. The Bertz CT molecular complexity index is 449. The Balaban J connectivity index is 2.51. The third-order valence-electron chi connectivity index (χ3n) is 2.30. The molecule has 0 amide bonds. The molecule has 0 saturated carbocycles. The van der Waals surface area contributed by atoms with E-state index in [1.807, 2.05) is 31.2 Å². The molecule has 0 spiro atoms. The average Bonchev–Trinajstić information content (AvgIpc) is 2.59. The molecule has 0 radical (unpaired) electrons. The van der Waals surface area contributed by atoms with E-state index in [0.29, 0.717) is 0 Å². The van der Waals surface area contributed by atoms with Crippen LogP contribution in [0.25, 0.3) is 11.0 Å². The van der Waals surface area contributed by atoms with E-state index >= 15 is 0 Å². The van der Waals surface area contributed by atoms with Gasteiger partial charge in [-0.15, -0.1) is 0 Å². The maximum atomic E-state index is 5.89. The van der Waals surface area contributed by atoms with Crippen LogP contribution in [0.15, 0.2) is 33.2 Å². The summed E-state index contributed by atoms with van der Waals surface area (Å²) in [7, 11) is 0. The fourth-order valence-corrected chi connectivity index (χ4v) is 1.80. The van der Waals surface area contributed by atoms with E-state index in [4.69, 9.17) is 10.2 Å². The fraction of sp³-hybridized carbons (Fsp3) is 0.273. The van der Waals surface area contributed by atoms with Crippen molar-refractivity contribution in [2.45, 2.75) is 19.4 Å². The van der Waals surface area contributed by atoms with Gasteiger partial charge in [-0.1, -0.05) is 22.9 Å². The Labute approximate surface area is 91.2 Å². The number of nitrogens with two attached hydrogens (primary N) is 1. The highest BCUT2D eigenvalue weighted by Crippen LogP contribution is 2.26. The van der Waals surface area contributed by atoms with Crippen LogP contribution in [0.5, 0.6) is 0 Å². The minimum Gasteiger partial charge on any atom is -0.459 e. The van der Waals surface area contributed by atoms with Gasteiger partial charge in [0, 0.05) is 9.86 Å². The van der Waals surface area contributed by atoms with E-state index in [1.165, 1.54) is 0 Å². The second kappa shape index (κ2) is 3.75. The molecule has 1 unspecified atom stereocenters. The van der Waals surface area contributed by atoms with Gasteiger partial charge >= 0.3 is 0 Å². The average molecular weight is 254 g/mol. The molecule has 2 rings (SSSR count). The van der Waals surface area contributed by atoms with Crippen molar-refractivity contribution in [3.05, 3.63) is 34.5 Å². The molecule has 1 aromatic heterocycles. The maximum Gasteiger partial charge on any atom is 0.134 e. The number of benzene rings is 1. The van der Waals surface area contributed by atoms with E-state index in [-0.39, 0.29) is 6.04 Å². The van der Waals surface area contributed by atoms with Crippen LogP contribution in [-0.4, -0.2) is 0 Å². The van der Waals surface area contributed by atoms with Crippen molar-refractivity contribution in [2.24, 2.45) is 5.73 Å². The summed E-state index contributed by atoms with van der Waals surface area (Å²) in [5.41, 5.74) is 6.79. The Morgan fingerprint density at radius 2 is 2.21 bits per heavy atom. The number of halogens is 1. The first-order valence-corrected chi connectivity index (χ1v) is 5.44. The van der Waals surface area contributed by atoms with Crippen LogP contribution in [0, 0.1) is 0 Å². The number of fused-ring (bicyclic) bond motifs is 1. The summed E-state index contributed by atoms with van der Waals surface area (Å²) in [6.07, 6.45) is 0.890. The molecule has 0 saturated heterocycles. The van der Waals surface area contributed by atoms with Gasteiger partial charge in [0.1, 0.15) is 11.3 Å². The van der Waals surface area contributed by atoms with Crippen molar-refractivity contribution in [3.8, 4) is 0 Å². The Hall–Kier alpha value is -0.800. The van der Waals surface area contributed by atoms with Gasteiger partial charge in [-0.05, 0) is 30.7 Å². The minimum absolute atomic E-state index is 0.00109. The Morgan fingerprint density at radius 3 is 2.93 bits per heavy atom. The highest BCUT2D eigenvalue weighted by Gasteiger charge is 2.09. The van der Waals surface area contributed by atoms with Crippen LogP contribution in [0.3, 0.4) is 0 Å². The number of furan rings is 1. The van der Waals surface area contributed by atoms with Crippen LogP contribution in [0.2, 0.25) is 0 Å². The largest absolute Gasteiger partial charge is 0.459 e. The van der Waals surface area contributed by atoms with E-state index in [9.17, 15) is 0 Å². The van der Waals surface area contributed by atoms with Crippen molar-refractivity contribution in [1.82, 2.24) is 0 Å². The molecule has 1 atom stereocenters. The Morgan fingerprint density at radius 1 is 1.43 bits per heavy atom. The van der Waals surface area contributed by atoms with Gasteiger partial charge in [-0.2, -0.15) is 0 Å². The summed E-state index contributed by atoms with van der Waals surface area (Å²) in [4.78, 5) is 0. The van der Waals surface area contributed by atoms with E-state index in [0.717, 1.165) is 27.6 Å². The smallest absolute Gasteiger partial charge is 0.134 e. The molecule has 1 heterocycles. The lowest BCUT2D eigenvalue weighted by molar-refractivity contribution is 0.488. The quantitative estimate of drug-likeness (QED) is 0.889. The molecule has 0 aliphatic carbocycles. The van der Waals surface area contributed by atoms with Crippen molar-refractivity contribution in [1.29, 1.82) is 0 Å². The molecular formula is C11H12BrNO. The van der Waals surface area contributed by atoms with Gasteiger partial charge in [0.15, 0.2) is 0 Å². The second-order valence-electron chi connectivity index (χ2n) is 3.35. The normalized spacial score (nSPS) is 13.4. The third kappa shape index (κ3) is 1.70. The zero-order valence-electron chi connectivity index (χ0n) is 7.96. The second-order valence-corrected chi connectivity index (χ2v) is 4.26. The lowest BCUT2D eigenvalue weighted by atomic mass is 10.2. The van der Waals surface area contributed by atoms with Crippen LogP contribution in [-0.2, 0) is 0 Å². The summed E-state index contributed by atoms with van der Waals surface area (Å²) in [5.74, 6) is 0.862. The van der Waals surface area contributed by atoms with Gasteiger partial charge < -0.3 is 10.2 Å². The van der Waals surface area contributed by atoms with Gasteiger partial charge in [-0.25, -0.2) is 0 Å². The van der Waals surface area contributed by atoms with E-state index < -0.39 is 0 Å². The first kappa shape index (κ1) is 9.74. The summed E-state index contributed by atoms with van der Waals surface area (Å²) in [6.45, 7) is 2.05. The van der Waals surface area contributed by atoms with E-state index in [1.54, 1.807) is 0 Å². The van der Waals surface area contributed by atoms with Crippen LogP contribution in [0.4, 0.5) is 0 Å². The summed E-state index contributed by atoms with van der Waals surface area (Å²) in [5, 5.41) is 1.10. The molecule has 0 bridgehead atoms. The maximum absolute atomic E-state index is 5.89. The van der Waals surface area contributed by atoms with Crippen molar-refractivity contribution in [3.63, 3.8) is 0 Å². The fourth-order valence-electron chi connectivity index (χ4n) is 1.42. The highest BCUT2D eigenvalue weighted by atomic mass is 79.9. The molecule has 2 N–H and O–H groups in total. The molecule has 14 heavy (non-hydrogen) atoms. The van der Waals surface area contributed by atoms with Gasteiger partial charge in [0.05, 0.1) is 6.04 Å². The molecule has 3 heteroatoms. The number of hydrogen-bond donors (Lipinski definition) is 1. The summed E-state index contributed by atoms with van der Waals surface area (Å²) in [6, 6.07) is 7.96. The van der Waals surface area contributed by atoms with Crippen molar-refractivity contribution >= 4 is 26.9 Å². The lowest BCUT2D eigenvalue weighted by Gasteiger charge is -2.02. The molecule has 2 nitrogen and oxygen atoms in total. The van der Waals surface area contributed by atoms with Crippen molar-refractivity contribution < 1.29 is 4.42 Å². The minimum atomic E-state index is 0.00109. The lowest BCUT2D eigenvalue weighted by Crippen LogP contribution is -2.06. The van der Waals surface area contributed by atoms with Gasteiger partial charge in [0.2, 0.25) is 0 Å². The molecular weight excluding hydrogens is 242 g/mol. The predicted molar refractivity (Wildman–Crippen MR) is 61.1 cm³/mol. The first-order chi connectivity index (χ1) is 6.70. The first-order valence-electron chi connectivity index (χ1n) is 4.65. The topological polar surface area (TPSA) is 39.2 Å². The number of rotatable bonds is 2. The van der Waals surface area contributed by atoms with Crippen LogP contribution >= 0.6 is 15.9 Å². The van der Waals surface area contributed by atoms with E-state index in [2.05, 4.69) is 15.9 Å². The van der Waals surface area contributed by atoms with Gasteiger partial charge in [-0.3, -0.25) is 0 Å². The highest BCUT2D eigenvalue weighted by molar-refractivity contribution is 9.10. The standard InChI is InChI=1S/C11H12BrNO/c1-2-9(13)11-6-7-5-8(12)3-4-10(7)14-11/h3-6,9H,2,13H2,1H3.